The molecule has 0 unspecified atom stereocenters. The number of carbonyl (C=O) groups excluding carboxylic acids is 2. The fraction of sp³-hybridized carbons (Fsp3) is 0.267. The third-order valence-electron chi connectivity index (χ3n) is 7.80. The highest BCUT2D eigenvalue weighted by Gasteiger charge is 2.58. The normalized spacial score (nSPS) is 17.3. The first-order valence-electron chi connectivity index (χ1n) is 13.3. The van der Waals surface area contributed by atoms with Gasteiger partial charge in [-0.15, -0.1) is 0 Å². The van der Waals surface area contributed by atoms with Gasteiger partial charge in [-0.25, -0.2) is 18.7 Å². The Morgan fingerprint density at radius 3 is 2.48 bits per heavy atom. The van der Waals surface area contributed by atoms with Gasteiger partial charge in [0.25, 0.3) is 5.91 Å². The molecule has 0 aliphatic carbocycles. The summed E-state index contributed by atoms with van der Waals surface area (Å²) in [5, 5.41) is 13.1. The van der Waals surface area contributed by atoms with Crippen molar-refractivity contribution in [3.05, 3.63) is 80.6 Å². The Bertz CT molecular complexity index is 1940. The molecule has 0 bridgehead atoms. The van der Waals surface area contributed by atoms with Crippen molar-refractivity contribution in [2.75, 3.05) is 20.3 Å². The predicted octanol–water partition coefficient (Wildman–Crippen LogP) is 5.51. The first kappa shape index (κ1) is 33.1. The van der Waals surface area contributed by atoms with Gasteiger partial charge >= 0.3 is 6.18 Å². The molecule has 46 heavy (non-hydrogen) atoms. The number of hydrogen-bond donors (Lipinski definition) is 3. The van der Waals surface area contributed by atoms with E-state index in [0.717, 1.165) is 12.1 Å². The number of aliphatic hydroxyl groups is 1. The van der Waals surface area contributed by atoms with Gasteiger partial charge in [-0.3, -0.25) is 9.59 Å². The number of alkyl halides is 3. The minimum absolute atomic E-state index is 0.132. The zero-order valence-corrected chi connectivity index (χ0v) is 25.6. The number of primary amides is 1. The lowest BCUT2D eigenvalue weighted by Gasteiger charge is -2.31. The zero-order chi connectivity index (χ0) is 33.9. The highest BCUT2D eigenvalue weighted by atomic mass is 35.5. The highest BCUT2D eigenvalue weighted by molar-refractivity contribution is 6.33. The zero-order valence-electron chi connectivity index (χ0n) is 24.1. The molecule has 0 saturated heterocycles. The number of benzene rings is 2. The van der Waals surface area contributed by atoms with Gasteiger partial charge in [-0.2, -0.15) is 13.2 Å². The van der Waals surface area contributed by atoms with Gasteiger partial charge in [0.15, 0.2) is 11.6 Å². The number of ether oxygens (including phenoxy) is 2. The number of fused-ring (bicyclic) bond motifs is 2. The van der Waals surface area contributed by atoms with Crippen LogP contribution >= 0.6 is 23.2 Å². The number of aromatic nitrogens is 2. The Balaban J connectivity index is 1.63. The maximum absolute atomic E-state index is 14.7. The number of nitrogens with zero attached hydrogens (tertiary/aromatic N) is 2. The van der Waals surface area contributed by atoms with Crippen molar-refractivity contribution in [2.45, 2.75) is 31.0 Å². The maximum atomic E-state index is 14.7. The number of halogens is 7. The molecular weight excluding hydrogens is 662 g/mol. The van der Waals surface area contributed by atoms with E-state index in [1.807, 2.05) is 0 Å². The lowest BCUT2D eigenvalue weighted by molar-refractivity contribution is -0.265. The quantitative estimate of drug-likeness (QED) is 0.172. The Hall–Kier alpha value is -4.27. The van der Waals surface area contributed by atoms with E-state index in [9.17, 15) is 36.6 Å². The molecular formula is C30H23Cl2F5N4O5. The van der Waals surface area contributed by atoms with Crippen molar-refractivity contribution in [1.82, 2.24) is 15.3 Å². The molecule has 0 radical (unpaired) electrons. The summed E-state index contributed by atoms with van der Waals surface area (Å²) in [5.41, 5.74) is -1.67. The van der Waals surface area contributed by atoms with Crippen molar-refractivity contribution in [3.8, 4) is 22.8 Å². The van der Waals surface area contributed by atoms with Crippen molar-refractivity contribution in [1.29, 1.82) is 0 Å². The molecule has 0 spiro atoms. The van der Waals surface area contributed by atoms with Crippen LogP contribution in [0.1, 0.15) is 34.2 Å². The summed E-state index contributed by atoms with van der Waals surface area (Å²) in [7, 11) is 1.31. The van der Waals surface area contributed by atoms with Gasteiger partial charge in [-0.1, -0.05) is 23.2 Å². The lowest BCUT2D eigenvalue weighted by Crippen LogP contribution is -2.51. The van der Waals surface area contributed by atoms with Crippen molar-refractivity contribution in [3.63, 3.8) is 0 Å². The van der Waals surface area contributed by atoms with Crippen LogP contribution in [-0.4, -0.2) is 53.3 Å². The van der Waals surface area contributed by atoms with Crippen molar-refractivity contribution < 1.29 is 46.1 Å². The van der Waals surface area contributed by atoms with E-state index in [0.29, 0.717) is 22.7 Å². The molecule has 2 amide bonds. The summed E-state index contributed by atoms with van der Waals surface area (Å²) in [6.45, 7) is 1.01. The van der Waals surface area contributed by atoms with Gasteiger partial charge in [0, 0.05) is 22.1 Å². The summed E-state index contributed by atoms with van der Waals surface area (Å²) < 4.78 is 83.4. The second-order valence-electron chi connectivity index (χ2n) is 10.8. The number of hydrogen-bond acceptors (Lipinski definition) is 7. The number of carbonyl (C=O) groups is 2. The van der Waals surface area contributed by atoms with Gasteiger partial charge in [0.05, 0.1) is 35.1 Å². The second kappa shape index (κ2) is 11.5. The number of nitrogens with two attached hydrogens (primary N) is 1. The first-order valence-corrected chi connectivity index (χ1v) is 14.0. The van der Waals surface area contributed by atoms with E-state index in [-0.39, 0.29) is 27.6 Å². The topological polar surface area (TPSA) is 137 Å². The van der Waals surface area contributed by atoms with Gasteiger partial charge in [-0.05, 0) is 50.2 Å². The molecule has 0 saturated carbocycles. The molecule has 4 N–H and O–H groups in total. The van der Waals surface area contributed by atoms with E-state index < -0.39 is 75.8 Å². The molecule has 3 heterocycles. The summed E-state index contributed by atoms with van der Waals surface area (Å²) in [4.78, 5) is 33.9. The predicted molar refractivity (Wildman–Crippen MR) is 157 cm³/mol. The third kappa shape index (κ3) is 5.33. The summed E-state index contributed by atoms with van der Waals surface area (Å²) in [6.07, 6.45) is -5.49. The molecule has 1 aliphatic rings. The molecule has 2 atom stereocenters. The molecule has 242 valence electrons. The molecule has 2 aromatic heterocycles. The van der Waals surface area contributed by atoms with Crippen LogP contribution in [0.5, 0.6) is 11.5 Å². The Kier molecular flexibility index (Phi) is 8.28. The number of amides is 2. The van der Waals surface area contributed by atoms with Crippen molar-refractivity contribution >= 4 is 45.9 Å². The number of nitrogens with one attached hydrogen (secondary N) is 1. The average Bonchev–Trinajstić information content (AvgIpc) is 3.35. The van der Waals surface area contributed by atoms with Gasteiger partial charge in [0.1, 0.15) is 34.7 Å². The van der Waals surface area contributed by atoms with E-state index in [4.69, 9.17) is 38.4 Å². The van der Waals surface area contributed by atoms with Crippen LogP contribution < -0.4 is 20.5 Å². The Morgan fingerprint density at radius 1 is 1.15 bits per heavy atom. The fourth-order valence-electron chi connectivity index (χ4n) is 4.94. The third-order valence-corrected chi connectivity index (χ3v) is 8.55. The number of aryl methyl sites for hydroxylation is 1. The molecule has 1 aliphatic heterocycles. The van der Waals surface area contributed by atoms with E-state index >= 15 is 0 Å². The SMILES string of the molecule is COc1cc(C(=O)NC[C@](O)(c2cc3c(c(-c4ccc(F)c(F)c4Cl)n2)OC[C@]3(C)C(N)=O)C(F)(F)F)cc2cc(Cl)c(C)nc12. The second-order valence-corrected chi connectivity index (χ2v) is 11.6. The van der Waals surface area contributed by atoms with Crippen LogP contribution in [0.25, 0.3) is 22.2 Å². The molecule has 4 aromatic rings. The smallest absolute Gasteiger partial charge is 0.424 e. The van der Waals surface area contributed by atoms with Gasteiger partial charge in [0.2, 0.25) is 11.5 Å². The van der Waals surface area contributed by atoms with Crippen LogP contribution in [0.2, 0.25) is 10.0 Å². The molecule has 0 fully saturated rings. The number of methoxy groups -OCH3 is 1. The molecule has 5 rings (SSSR count). The van der Waals surface area contributed by atoms with E-state index in [2.05, 4.69) is 15.3 Å². The van der Waals surface area contributed by atoms with Gasteiger partial charge < -0.3 is 25.6 Å². The van der Waals surface area contributed by atoms with Crippen LogP contribution in [0.3, 0.4) is 0 Å². The molecule has 9 nitrogen and oxygen atoms in total. The highest BCUT2D eigenvalue weighted by Crippen LogP contribution is 2.49. The molecule has 16 heteroatoms. The fourth-order valence-corrected chi connectivity index (χ4v) is 5.35. The molecule has 2 aromatic carbocycles. The number of rotatable bonds is 7. The Labute approximate surface area is 267 Å². The van der Waals surface area contributed by atoms with Crippen molar-refractivity contribution in [2.24, 2.45) is 5.73 Å². The maximum Gasteiger partial charge on any atom is 0.424 e. The van der Waals surface area contributed by atoms with E-state index in [1.54, 1.807) is 6.92 Å². The minimum atomic E-state index is -5.49. The van der Waals surface area contributed by atoms with Crippen LogP contribution in [0.15, 0.2) is 36.4 Å². The summed E-state index contributed by atoms with van der Waals surface area (Å²) in [5.74, 6) is -5.06. The standard InChI is InChI=1S/C30H23Cl2F5N4O5/c1-12-17(31)7-13-6-14(8-19(45-3)23(13)40-12)26(42)39-10-29(44,30(35,36)37)20-9-16-25(46-11-28(16,2)27(38)43)24(41-20)15-4-5-18(33)22(34)21(15)32/h4-9,44H,10-11H2,1-3H3,(H2,38,43)(H,39,42)/t28-,29-/m0/s1. The minimum Gasteiger partial charge on any atom is -0.494 e. The van der Waals surface area contributed by atoms with Crippen LogP contribution in [0.4, 0.5) is 22.0 Å². The first-order chi connectivity index (χ1) is 21.4. The van der Waals surface area contributed by atoms with E-state index in [1.165, 1.54) is 32.2 Å². The monoisotopic (exact) mass is 684 g/mol. The summed E-state index contributed by atoms with van der Waals surface area (Å²) in [6, 6.07) is 6.45. The number of pyridine rings is 2. The summed E-state index contributed by atoms with van der Waals surface area (Å²) >= 11 is 12.2. The van der Waals surface area contributed by atoms with Crippen LogP contribution in [-0.2, 0) is 15.8 Å². The Morgan fingerprint density at radius 2 is 1.85 bits per heavy atom. The van der Waals surface area contributed by atoms with Crippen LogP contribution in [0, 0.1) is 18.6 Å². The largest absolute Gasteiger partial charge is 0.494 e. The lowest BCUT2D eigenvalue weighted by atomic mass is 9.81. The average molecular weight is 685 g/mol.